The number of aromatic carboxylic acids is 1. The van der Waals surface area contributed by atoms with Gasteiger partial charge in [-0.3, -0.25) is 14.0 Å². The van der Waals surface area contributed by atoms with Crippen molar-refractivity contribution in [1.82, 2.24) is 4.40 Å². The van der Waals surface area contributed by atoms with Gasteiger partial charge in [-0.05, 0) is 18.2 Å². The number of fused-ring (bicyclic) bond motifs is 1. The molecule has 0 bridgehead atoms. The van der Waals surface area contributed by atoms with E-state index in [1.807, 2.05) is 0 Å². The summed E-state index contributed by atoms with van der Waals surface area (Å²) in [5, 5.41) is 8.82. The quantitative estimate of drug-likeness (QED) is 0.755. The Kier molecular flexibility index (Phi) is 2.28. The molecular weight excluding hydrogens is 210 g/mol. The molecule has 0 amide bonds. The third kappa shape index (κ3) is 1.38. The average Bonchev–Trinajstić information content (AvgIpc) is 2.29. The number of nitrogens with zero attached hydrogens (tertiary/aromatic N) is 1. The van der Waals surface area contributed by atoms with E-state index >= 15 is 0 Å². The van der Waals surface area contributed by atoms with Crippen LogP contribution in [0, 0.1) is 0 Å². The van der Waals surface area contributed by atoms with Crippen LogP contribution in [0.1, 0.15) is 20.7 Å². The van der Waals surface area contributed by atoms with Crippen molar-refractivity contribution in [2.45, 2.75) is 0 Å². The minimum Gasteiger partial charge on any atom is -0.477 e. The maximum atomic E-state index is 11.7. The van der Waals surface area contributed by atoms with Crippen LogP contribution >= 0.6 is 0 Å². The second-order valence-corrected chi connectivity index (χ2v) is 3.20. The van der Waals surface area contributed by atoms with Gasteiger partial charge in [0.1, 0.15) is 5.56 Å². The Labute approximate surface area is 89.6 Å². The highest BCUT2D eigenvalue weighted by Gasteiger charge is 2.13. The van der Waals surface area contributed by atoms with E-state index < -0.39 is 17.1 Å². The summed E-state index contributed by atoms with van der Waals surface area (Å²) in [4.78, 5) is 33.3. The molecule has 5 heteroatoms. The lowest BCUT2D eigenvalue weighted by molar-refractivity contribution is 0.0695. The van der Waals surface area contributed by atoms with Crippen LogP contribution in [0.5, 0.6) is 0 Å². The Balaban J connectivity index is 3.00. The molecule has 0 aliphatic heterocycles. The van der Waals surface area contributed by atoms with Crippen molar-refractivity contribution >= 4 is 17.8 Å². The van der Waals surface area contributed by atoms with E-state index in [0.717, 1.165) is 10.5 Å². The van der Waals surface area contributed by atoms with E-state index in [0.29, 0.717) is 11.8 Å². The van der Waals surface area contributed by atoms with Crippen LogP contribution in [0.25, 0.3) is 5.52 Å². The monoisotopic (exact) mass is 217 g/mol. The van der Waals surface area contributed by atoms with Crippen molar-refractivity contribution in [2.75, 3.05) is 0 Å². The zero-order valence-corrected chi connectivity index (χ0v) is 8.08. The standard InChI is InChI=1S/C11H7NO4/c13-6-7-5-8(11(15)16)10(14)12-4-2-1-3-9(7)12/h1-6H,(H,15,16). The first-order valence-electron chi connectivity index (χ1n) is 4.48. The number of aldehydes is 1. The lowest BCUT2D eigenvalue weighted by atomic mass is 10.1. The van der Waals surface area contributed by atoms with Crippen molar-refractivity contribution in [1.29, 1.82) is 0 Å². The SMILES string of the molecule is O=Cc1cc(C(=O)O)c(=O)n2ccccc12. The van der Waals surface area contributed by atoms with Crippen LogP contribution in [0.2, 0.25) is 0 Å². The largest absolute Gasteiger partial charge is 0.477 e. The topological polar surface area (TPSA) is 75.8 Å². The van der Waals surface area contributed by atoms with E-state index in [1.165, 1.54) is 6.20 Å². The molecule has 16 heavy (non-hydrogen) atoms. The van der Waals surface area contributed by atoms with Crippen molar-refractivity contribution in [3.63, 3.8) is 0 Å². The molecule has 2 rings (SSSR count). The van der Waals surface area contributed by atoms with Gasteiger partial charge in [0.05, 0.1) is 5.52 Å². The molecule has 2 heterocycles. The molecule has 0 aliphatic rings. The number of hydrogen-bond donors (Lipinski definition) is 1. The van der Waals surface area contributed by atoms with Gasteiger partial charge in [0.25, 0.3) is 5.56 Å². The van der Waals surface area contributed by atoms with Crippen molar-refractivity contribution in [2.24, 2.45) is 0 Å². The average molecular weight is 217 g/mol. The number of pyridine rings is 2. The third-order valence-electron chi connectivity index (χ3n) is 2.26. The van der Waals surface area contributed by atoms with Gasteiger partial charge >= 0.3 is 5.97 Å². The molecule has 5 nitrogen and oxygen atoms in total. The number of rotatable bonds is 2. The normalized spacial score (nSPS) is 10.2. The summed E-state index contributed by atoms with van der Waals surface area (Å²) >= 11 is 0. The smallest absolute Gasteiger partial charge is 0.341 e. The van der Waals surface area contributed by atoms with Gasteiger partial charge in [-0.25, -0.2) is 4.79 Å². The predicted molar refractivity (Wildman–Crippen MR) is 56.0 cm³/mol. The number of carbonyl (C=O) groups excluding carboxylic acids is 1. The molecule has 80 valence electrons. The predicted octanol–water partition coefficient (Wildman–Crippen LogP) is 0.810. The lowest BCUT2D eigenvalue weighted by Gasteiger charge is -2.04. The highest BCUT2D eigenvalue weighted by Crippen LogP contribution is 2.08. The Morgan fingerprint density at radius 2 is 2.12 bits per heavy atom. The summed E-state index contributed by atoms with van der Waals surface area (Å²) in [5.41, 5.74) is -0.482. The Morgan fingerprint density at radius 3 is 2.75 bits per heavy atom. The zero-order valence-electron chi connectivity index (χ0n) is 8.08. The summed E-state index contributed by atoms with van der Waals surface area (Å²) in [7, 11) is 0. The van der Waals surface area contributed by atoms with Crippen molar-refractivity contribution in [3.05, 3.63) is 51.9 Å². The van der Waals surface area contributed by atoms with Crippen LogP contribution in [-0.4, -0.2) is 21.8 Å². The molecule has 0 aromatic carbocycles. The molecule has 0 saturated heterocycles. The summed E-state index contributed by atoms with van der Waals surface area (Å²) in [6.07, 6.45) is 1.96. The van der Waals surface area contributed by atoms with Gasteiger partial charge in [0.15, 0.2) is 6.29 Å². The first-order valence-corrected chi connectivity index (χ1v) is 4.48. The Hall–Kier alpha value is -2.43. The molecular formula is C11H7NO4. The minimum absolute atomic E-state index is 0.178. The zero-order chi connectivity index (χ0) is 11.7. The van der Waals surface area contributed by atoms with Gasteiger partial charge in [-0.1, -0.05) is 6.07 Å². The molecule has 0 fully saturated rings. The van der Waals surface area contributed by atoms with Gasteiger partial charge in [-0.2, -0.15) is 0 Å². The highest BCUT2D eigenvalue weighted by atomic mass is 16.4. The lowest BCUT2D eigenvalue weighted by Crippen LogP contribution is -2.22. The first-order chi connectivity index (χ1) is 7.65. The second kappa shape index (κ2) is 3.62. The molecule has 0 aliphatic carbocycles. The highest BCUT2D eigenvalue weighted by molar-refractivity contribution is 5.93. The van der Waals surface area contributed by atoms with Crippen LogP contribution in [0.15, 0.2) is 35.3 Å². The molecule has 0 unspecified atom stereocenters. The van der Waals surface area contributed by atoms with Crippen LogP contribution in [0.3, 0.4) is 0 Å². The van der Waals surface area contributed by atoms with Gasteiger partial charge < -0.3 is 5.11 Å². The fourth-order valence-corrected chi connectivity index (χ4v) is 1.52. The van der Waals surface area contributed by atoms with Gasteiger partial charge in [-0.15, -0.1) is 0 Å². The van der Waals surface area contributed by atoms with Crippen LogP contribution in [-0.2, 0) is 0 Å². The Bertz CT molecular complexity index is 642. The van der Waals surface area contributed by atoms with E-state index in [1.54, 1.807) is 18.2 Å². The number of carbonyl (C=O) groups is 2. The first kappa shape index (κ1) is 10.1. The molecule has 0 spiro atoms. The fraction of sp³-hybridized carbons (Fsp3) is 0. The second-order valence-electron chi connectivity index (χ2n) is 3.20. The van der Waals surface area contributed by atoms with Gasteiger partial charge in [0, 0.05) is 11.8 Å². The number of aromatic nitrogens is 1. The fourth-order valence-electron chi connectivity index (χ4n) is 1.52. The molecule has 0 atom stereocenters. The van der Waals surface area contributed by atoms with Gasteiger partial charge in [0.2, 0.25) is 0 Å². The minimum atomic E-state index is -1.34. The van der Waals surface area contributed by atoms with Crippen molar-refractivity contribution in [3.8, 4) is 0 Å². The van der Waals surface area contributed by atoms with E-state index in [9.17, 15) is 14.4 Å². The van der Waals surface area contributed by atoms with E-state index in [2.05, 4.69) is 0 Å². The third-order valence-corrected chi connectivity index (χ3v) is 2.26. The maximum absolute atomic E-state index is 11.7. The van der Waals surface area contributed by atoms with Crippen LogP contribution < -0.4 is 5.56 Å². The molecule has 1 N–H and O–H groups in total. The maximum Gasteiger partial charge on any atom is 0.341 e. The summed E-state index contributed by atoms with van der Waals surface area (Å²) in [6, 6.07) is 5.93. The summed E-state index contributed by atoms with van der Waals surface area (Å²) in [6.45, 7) is 0. The van der Waals surface area contributed by atoms with Crippen LogP contribution in [0.4, 0.5) is 0 Å². The van der Waals surface area contributed by atoms with E-state index in [-0.39, 0.29) is 5.56 Å². The number of carboxylic acid groups (broad SMARTS) is 1. The summed E-state index contributed by atoms with van der Waals surface area (Å²) in [5.74, 6) is -1.34. The number of hydrogen-bond acceptors (Lipinski definition) is 3. The number of carboxylic acids is 1. The molecule has 2 aromatic rings. The molecule has 0 saturated carbocycles. The summed E-state index contributed by atoms with van der Waals surface area (Å²) < 4.78 is 1.15. The Morgan fingerprint density at radius 1 is 1.38 bits per heavy atom. The molecule has 2 aromatic heterocycles. The van der Waals surface area contributed by atoms with Crippen molar-refractivity contribution < 1.29 is 14.7 Å². The van der Waals surface area contributed by atoms with E-state index in [4.69, 9.17) is 5.11 Å². The molecule has 0 radical (unpaired) electrons.